The summed E-state index contributed by atoms with van der Waals surface area (Å²) in [5.74, 6) is 0.803. The third-order valence-electron chi connectivity index (χ3n) is 2.47. The maximum absolute atomic E-state index is 5.84. The van der Waals surface area contributed by atoms with Gasteiger partial charge in [-0.25, -0.2) is 0 Å². The van der Waals surface area contributed by atoms with Crippen LogP contribution in [-0.4, -0.2) is 0 Å². The number of ether oxygens (including phenoxy) is 1. The van der Waals surface area contributed by atoms with Crippen LogP contribution < -0.4 is 4.74 Å². The Morgan fingerprint density at radius 3 is 1.82 bits per heavy atom. The van der Waals surface area contributed by atoms with Gasteiger partial charge in [0.05, 0.1) is 0 Å². The Morgan fingerprint density at radius 2 is 1.29 bits per heavy atom. The number of halogens is 2. The van der Waals surface area contributed by atoms with Crippen LogP contribution in [0.5, 0.6) is 5.75 Å². The highest BCUT2D eigenvalue weighted by Crippen LogP contribution is 2.24. The minimum Gasteiger partial charge on any atom is -0.486 e. The summed E-state index contributed by atoms with van der Waals surface area (Å²) in [6, 6.07) is 15.0. The molecule has 2 aromatic carbocycles. The number of rotatable bonds is 3. The van der Waals surface area contributed by atoms with Crippen molar-refractivity contribution in [2.24, 2.45) is 0 Å². The summed E-state index contributed by atoms with van der Waals surface area (Å²) in [6.07, 6.45) is -0.0200. The topological polar surface area (TPSA) is 9.23 Å². The van der Waals surface area contributed by atoms with Crippen LogP contribution in [0, 0.1) is 0 Å². The molecular formula is C14H12Cl2O. The Bertz CT molecular complexity index is 477. The van der Waals surface area contributed by atoms with Crippen LogP contribution in [0.25, 0.3) is 0 Å². The lowest BCUT2D eigenvalue weighted by atomic mass is 10.1. The Kier molecular flexibility index (Phi) is 3.93. The molecule has 1 unspecified atom stereocenters. The van der Waals surface area contributed by atoms with E-state index < -0.39 is 0 Å². The van der Waals surface area contributed by atoms with E-state index in [1.54, 1.807) is 0 Å². The second-order valence-corrected chi connectivity index (χ2v) is 4.64. The molecule has 2 rings (SSSR count). The first-order valence-corrected chi connectivity index (χ1v) is 6.08. The van der Waals surface area contributed by atoms with E-state index in [0.717, 1.165) is 16.3 Å². The highest BCUT2D eigenvalue weighted by atomic mass is 35.5. The summed E-state index contributed by atoms with van der Waals surface area (Å²) in [6.45, 7) is 2.00. The normalized spacial score (nSPS) is 12.2. The monoisotopic (exact) mass is 266 g/mol. The Morgan fingerprint density at radius 1 is 0.824 bits per heavy atom. The first-order chi connectivity index (χ1) is 8.15. The maximum atomic E-state index is 5.84. The predicted molar refractivity (Wildman–Crippen MR) is 71.9 cm³/mol. The van der Waals surface area contributed by atoms with Crippen molar-refractivity contribution in [2.75, 3.05) is 0 Å². The van der Waals surface area contributed by atoms with Crippen LogP contribution in [0.15, 0.2) is 48.5 Å². The van der Waals surface area contributed by atoms with Crippen molar-refractivity contribution in [3.05, 3.63) is 64.1 Å². The fraction of sp³-hybridized carbons (Fsp3) is 0.143. The fourth-order valence-electron chi connectivity index (χ4n) is 1.52. The summed E-state index contributed by atoms with van der Waals surface area (Å²) in [5, 5.41) is 1.43. The van der Waals surface area contributed by atoms with Crippen molar-refractivity contribution in [2.45, 2.75) is 13.0 Å². The highest BCUT2D eigenvalue weighted by molar-refractivity contribution is 6.30. The maximum Gasteiger partial charge on any atom is 0.121 e. The average Bonchev–Trinajstić information content (AvgIpc) is 2.33. The van der Waals surface area contributed by atoms with Crippen molar-refractivity contribution < 1.29 is 4.74 Å². The fourth-order valence-corrected chi connectivity index (χ4v) is 1.77. The van der Waals surface area contributed by atoms with Gasteiger partial charge in [-0.1, -0.05) is 35.3 Å². The first-order valence-electron chi connectivity index (χ1n) is 5.33. The molecule has 0 spiro atoms. The van der Waals surface area contributed by atoms with Gasteiger partial charge in [0, 0.05) is 10.0 Å². The molecule has 0 heterocycles. The molecule has 1 atom stereocenters. The quantitative estimate of drug-likeness (QED) is 0.748. The molecule has 0 bridgehead atoms. The minimum absolute atomic E-state index is 0.0200. The zero-order valence-corrected chi connectivity index (χ0v) is 10.9. The molecule has 0 aromatic heterocycles. The van der Waals surface area contributed by atoms with Crippen LogP contribution in [-0.2, 0) is 0 Å². The molecule has 0 saturated carbocycles. The van der Waals surface area contributed by atoms with Gasteiger partial charge in [0.1, 0.15) is 11.9 Å². The molecule has 0 saturated heterocycles. The van der Waals surface area contributed by atoms with Gasteiger partial charge < -0.3 is 4.74 Å². The summed E-state index contributed by atoms with van der Waals surface area (Å²) in [7, 11) is 0. The second kappa shape index (κ2) is 5.44. The van der Waals surface area contributed by atoms with E-state index >= 15 is 0 Å². The first kappa shape index (κ1) is 12.3. The number of hydrogen-bond donors (Lipinski definition) is 0. The highest BCUT2D eigenvalue weighted by Gasteiger charge is 2.06. The van der Waals surface area contributed by atoms with Crippen LogP contribution in [0.4, 0.5) is 0 Å². The van der Waals surface area contributed by atoms with Crippen LogP contribution in [0.2, 0.25) is 10.0 Å². The average molecular weight is 267 g/mol. The molecule has 17 heavy (non-hydrogen) atoms. The van der Waals surface area contributed by atoms with Gasteiger partial charge in [0.15, 0.2) is 0 Å². The molecule has 0 fully saturated rings. The van der Waals surface area contributed by atoms with Gasteiger partial charge in [-0.2, -0.15) is 0 Å². The molecule has 0 aliphatic rings. The van der Waals surface area contributed by atoms with Gasteiger partial charge in [-0.3, -0.25) is 0 Å². The van der Waals surface area contributed by atoms with Crippen molar-refractivity contribution in [1.82, 2.24) is 0 Å². The molecule has 0 aliphatic heterocycles. The number of benzene rings is 2. The zero-order valence-electron chi connectivity index (χ0n) is 9.36. The van der Waals surface area contributed by atoms with E-state index in [4.69, 9.17) is 27.9 Å². The summed E-state index contributed by atoms with van der Waals surface area (Å²) in [4.78, 5) is 0. The van der Waals surface area contributed by atoms with Crippen molar-refractivity contribution >= 4 is 23.2 Å². The Labute approximate surface area is 111 Å². The largest absolute Gasteiger partial charge is 0.486 e. The van der Waals surface area contributed by atoms with Gasteiger partial charge in [-0.15, -0.1) is 0 Å². The van der Waals surface area contributed by atoms with Gasteiger partial charge in [0.25, 0.3) is 0 Å². The van der Waals surface area contributed by atoms with E-state index in [0.29, 0.717) is 5.02 Å². The smallest absolute Gasteiger partial charge is 0.121 e. The van der Waals surface area contributed by atoms with Gasteiger partial charge in [-0.05, 0) is 48.9 Å². The van der Waals surface area contributed by atoms with Crippen LogP contribution >= 0.6 is 23.2 Å². The molecular weight excluding hydrogens is 255 g/mol. The second-order valence-electron chi connectivity index (χ2n) is 3.77. The third-order valence-corrected chi connectivity index (χ3v) is 2.97. The summed E-state index contributed by atoms with van der Waals surface area (Å²) >= 11 is 11.7. The molecule has 0 aliphatic carbocycles. The van der Waals surface area contributed by atoms with E-state index in [-0.39, 0.29) is 6.10 Å². The lowest BCUT2D eigenvalue weighted by Crippen LogP contribution is -2.02. The molecule has 0 N–H and O–H groups in total. The summed E-state index contributed by atoms with van der Waals surface area (Å²) in [5.41, 5.74) is 1.09. The molecule has 1 nitrogen and oxygen atoms in total. The van der Waals surface area contributed by atoms with Crippen LogP contribution in [0.3, 0.4) is 0 Å². The molecule has 0 radical (unpaired) electrons. The minimum atomic E-state index is -0.0200. The zero-order chi connectivity index (χ0) is 12.3. The molecule has 88 valence electrons. The van der Waals surface area contributed by atoms with Gasteiger partial charge >= 0.3 is 0 Å². The standard InChI is InChI=1S/C14H12Cl2O/c1-10(11-2-4-12(15)5-3-11)17-14-8-6-13(16)7-9-14/h2-10H,1H3. The van der Waals surface area contributed by atoms with Crippen molar-refractivity contribution in [3.8, 4) is 5.75 Å². The van der Waals surface area contributed by atoms with E-state index in [2.05, 4.69) is 0 Å². The molecule has 3 heteroatoms. The van der Waals surface area contributed by atoms with Crippen LogP contribution in [0.1, 0.15) is 18.6 Å². The summed E-state index contributed by atoms with van der Waals surface area (Å²) < 4.78 is 5.79. The van der Waals surface area contributed by atoms with Gasteiger partial charge in [0.2, 0.25) is 0 Å². The van der Waals surface area contributed by atoms with Crippen molar-refractivity contribution in [3.63, 3.8) is 0 Å². The lowest BCUT2D eigenvalue weighted by Gasteiger charge is -2.15. The van der Waals surface area contributed by atoms with Crippen molar-refractivity contribution in [1.29, 1.82) is 0 Å². The molecule has 2 aromatic rings. The van der Waals surface area contributed by atoms with E-state index in [1.807, 2.05) is 55.5 Å². The Balaban J connectivity index is 2.08. The van der Waals surface area contributed by atoms with E-state index in [9.17, 15) is 0 Å². The predicted octanol–water partition coefficient (Wildman–Crippen LogP) is 5.13. The SMILES string of the molecule is CC(Oc1ccc(Cl)cc1)c1ccc(Cl)cc1. The lowest BCUT2D eigenvalue weighted by molar-refractivity contribution is 0.227. The number of hydrogen-bond acceptors (Lipinski definition) is 1. The third kappa shape index (κ3) is 3.39. The Hall–Kier alpha value is -1.18. The molecule has 0 amide bonds. The van der Waals surface area contributed by atoms with E-state index in [1.165, 1.54) is 0 Å².